The standard InChI is InChI=1S/C16H8ClF3O3S.H3N/c1-23-14-12(19)8(5-9(18)13(14)20)11-7-3-2-6(17)4-10(7)24-15(11)16(21)22;/h2-5H,1H3,(H,21,22);1H3. The van der Waals surface area contributed by atoms with E-state index in [-0.39, 0.29) is 16.6 Å². The van der Waals surface area contributed by atoms with Crippen molar-refractivity contribution in [2.75, 3.05) is 7.11 Å². The summed E-state index contributed by atoms with van der Waals surface area (Å²) in [4.78, 5) is 11.3. The molecule has 0 radical (unpaired) electrons. The van der Waals surface area contributed by atoms with Gasteiger partial charge < -0.3 is 16.0 Å². The molecule has 0 fully saturated rings. The van der Waals surface area contributed by atoms with Gasteiger partial charge in [0.25, 0.3) is 0 Å². The third kappa shape index (κ3) is 3.04. The van der Waals surface area contributed by atoms with Crippen LogP contribution in [0.15, 0.2) is 24.3 Å². The zero-order valence-corrected chi connectivity index (χ0v) is 14.3. The van der Waals surface area contributed by atoms with E-state index in [4.69, 9.17) is 11.6 Å². The first kappa shape index (κ1) is 19.0. The molecule has 2 aromatic carbocycles. The molecule has 25 heavy (non-hydrogen) atoms. The van der Waals surface area contributed by atoms with E-state index in [0.29, 0.717) is 21.2 Å². The number of hydrogen-bond acceptors (Lipinski definition) is 4. The van der Waals surface area contributed by atoms with E-state index in [1.165, 1.54) is 18.2 Å². The van der Waals surface area contributed by atoms with E-state index in [0.717, 1.165) is 18.4 Å². The van der Waals surface area contributed by atoms with Crippen molar-refractivity contribution in [1.29, 1.82) is 0 Å². The van der Waals surface area contributed by atoms with Gasteiger partial charge in [-0.15, -0.1) is 11.3 Å². The molecule has 0 bridgehead atoms. The van der Waals surface area contributed by atoms with E-state index in [1.54, 1.807) is 0 Å². The van der Waals surface area contributed by atoms with Crippen LogP contribution in [0.25, 0.3) is 21.2 Å². The first-order valence-corrected chi connectivity index (χ1v) is 7.71. The van der Waals surface area contributed by atoms with Gasteiger partial charge >= 0.3 is 5.97 Å². The van der Waals surface area contributed by atoms with Crippen molar-refractivity contribution in [1.82, 2.24) is 6.15 Å². The Balaban J connectivity index is 0.00000225. The Hall–Kier alpha value is -2.29. The highest BCUT2D eigenvalue weighted by molar-refractivity contribution is 7.21. The van der Waals surface area contributed by atoms with Gasteiger partial charge in [-0.3, -0.25) is 0 Å². The summed E-state index contributed by atoms with van der Waals surface area (Å²) in [5.41, 5.74) is -0.439. The van der Waals surface area contributed by atoms with Crippen molar-refractivity contribution >= 4 is 39.0 Å². The predicted octanol–water partition coefficient (Wildman–Crippen LogP) is 5.51. The number of carbonyl (C=O) groups is 1. The number of rotatable bonds is 3. The van der Waals surface area contributed by atoms with Crippen molar-refractivity contribution in [3.8, 4) is 16.9 Å². The van der Waals surface area contributed by atoms with E-state index < -0.39 is 34.7 Å². The van der Waals surface area contributed by atoms with Crippen LogP contribution in [-0.2, 0) is 0 Å². The fourth-order valence-corrected chi connectivity index (χ4v) is 3.76. The number of fused-ring (bicyclic) bond motifs is 1. The monoisotopic (exact) mass is 389 g/mol. The summed E-state index contributed by atoms with van der Waals surface area (Å²) < 4.78 is 47.1. The number of carboxylic acids is 1. The van der Waals surface area contributed by atoms with Crippen LogP contribution in [0.3, 0.4) is 0 Å². The molecule has 4 nitrogen and oxygen atoms in total. The molecular weight excluding hydrogens is 379 g/mol. The third-order valence-electron chi connectivity index (χ3n) is 3.44. The molecule has 0 spiro atoms. The van der Waals surface area contributed by atoms with Crippen LogP contribution < -0.4 is 10.9 Å². The molecule has 3 rings (SSSR count). The van der Waals surface area contributed by atoms with Crippen LogP contribution >= 0.6 is 22.9 Å². The van der Waals surface area contributed by atoms with Crippen molar-refractivity contribution in [2.45, 2.75) is 0 Å². The summed E-state index contributed by atoms with van der Waals surface area (Å²) in [5.74, 6) is -6.21. The van der Waals surface area contributed by atoms with Gasteiger partial charge in [0.1, 0.15) is 4.88 Å². The average molecular weight is 390 g/mol. The van der Waals surface area contributed by atoms with Crippen molar-refractivity contribution in [3.63, 3.8) is 0 Å². The lowest BCUT2D eigenvalue weighted by Crippen LogP contribution is -2.01. The van der Waals surface area contributed by atoms with E-state index in [2.05, 4.69) is 4.74 Å². The second-order valence-corrected chi connectivity index (χ2v) is 6.31. The number of thiophene rings is 1. The Morgan fingerprint density at radius 1 is 1.20 bits per heavy atom. The summed E-state index contributed by atoms with van der Waals surface area (Å²) in [6.45, 7) is 0. The first-order valence-electron chi connectivity index (χ1n) is 6.52. The van der Waals surface area contributed by atoms with Gasteiger partial charge in [0, 0.05) is 26.2 Å². The zero-order valence-electron chi connectivity index (χ0n) is 12.7. The molecule has 132 valence electrons. The SMILES string of the molecule is COc1c(F)c(F)cc(-c2c(C(=O)O)sc3cc(Cl)ccc23)c1F.N. The van der Waals surface area contributed by atoms with Crippen LogP contribution in [0, 0.1) is 17.5 Å². The number of carboxylic acid groups (broad SMARTS) is 1. The van der Waals surface area contributed by atoms with Gasteiger partial charge in [0.05, 0.1) is 7.11 Å². The molecule has 9 heteroatoms. The van der Waals surface area contributed by atoms with Gasteiger partial charge in [0.2, 0.25) is 5.82 Å². The smallest absolute Gasteiger partial charge is 0.346 e. The molecule has 1 heterocycles. The summed E-state index contributed by atoms with van der Waals surface area (Å²) in [5, 5.41) is 10.1. The number of aromatic carboxylic acids is 1. The Kier molecular flexibility index (Phi) is 5.26. The van der Waals surface area contributed by atoms with Gasteiger partial charge in [-0.1, -0.05) is 17.7 Å². The number of hydrogen-bond donors (Lipinski definition) is 2. The Bertz CT molecular complexity index is 991. The minimum absolute atomic E-state index is 0. The number of benzene rings is 2. The lowest BCUT2D eigenvalue weighted by atomic mass is 10.0. The summed E-state index contributed by atoms with van der Waals surface area (Å²) in [7, 11) is 0.994. The van der Waals surface area contributed by atoms with E-state index in [1.807, 2.05) is 0 Å². The molecule has 0 unspecified atom stereocenters. The summed E-state index contributed by atoms with van der Waals surface area (Å²) in [6.07, 6.45) is 0. The highest BCUT2D eigenvalue weighted by Gasteiger charge is 2.26. The van der Waals surface area contributed by atoms with Gasteiger partial charge in [0.15, 0.2) is 17.4 Å². The maximum absolute atomic E-state index is 14.6. The lowest BCUT2D eigenvalue weighted by Gasteiger charge is -2.10. The molecule has 0 saturated heterocycles. The maximum Gasteiger partial charge on any atom is 0.346 e. The largest absolute Gasteiger partial charge is 0.491 e. The van der Waals surface area contributed by atoms with Crippen LogP contribution in [0.4, 0.5) is 13.2 Å². The quantitative estimate of drug-likeness (QED) is 0.579. The fraction of sp³-hybridized carbons (Fsp3) is 0.0625. The number of halogens is 4. The molecule has 0 amide bonds. The minimum atomic E-state index is -1.47. The topological polar surface area (TPSA) is 81.5 Å². The predicted molar refractivity (Wildman–Crippen MR) is 90.7 cm³/mol. The Labute approximate surface area is 149 Å². The molecule has 1 aromatic heterocycles. The molecule has 0 aliphatic heterocycles. The summed E-state index contributed by atoms with van der Waals surface area (Å²) in [6, 6.07) is 5.14. The normalized spacial score (nSPS) is 10.6. The van der Waals surface area contributed by atoms with Crippen LogP contribution in [0.1, 0.15) is 9.67 Å². The number of methoxy groups -OCH3 is 1. The van der Waals surface area contributed by atoms with Crippen molar-refractivity contribution in [2.24, 2.45) is 0 Å². The average Bonchev–Trinajstić information content (AvgIpc) is 2.90. The molecule has 0 aliphatic rings. The first-order chi connectivity index (χ1) is 11.3. The second-order valence-electron chi connectivity index (χ2n) is 4.82. The van der Waals surface area contributed by atoms with Gasteiger partial charge in [-0.05, 0) is 18.2 Å². The maximum atomic E-state index is 14.6. The Morgan fingerprint density at radius 2 is 1.88 bits per heavy atom. The van der Waals surface area contributed by atoms with Gasteiger partial charge in [-0.25, -0.2) is 13.6 Å². The summed E-state index contributed by atoms with van der Waals surface area (Å²) >= 11 is 6.75. The minimum Gasteiger partial charge on any atom is -0.491 e. The number of ether oxygens (including phenoxy) is 1. The Morgan fingerprint density at radius 3 is 2.48 bits per heavy atom. The van der Waals surface area contributed by atoms with E-state index >= 15 is 0 Å². The lowest BCUT2D eigenvalue weighted by molar-refractivity contribution is 0.0703. The fourth-order valence-electron chi connectivity index (χ4n) is 2.43. The highest BCUT2D eigenvalue weighted by atomic mass is 35.5. The van der Waals surface area contributed by atoms with Crippen molar-refractivity contribution in [3.05, 3.63) is 51.6 Å². The third-order valence-corrected chi connectivity index (χ3v) is 4.81. The van der Waals surface area contributed by atoms with Crippen LogP contribution in [-0.4, -0.2) is 18.2 Å². The van der Waals surface area contributed by atoms with Crippen LogP contribution in [0.5, 0.6) is 5.75 Å². The molecule has 0 aliphatic carbocycles. The van der Waals surface area contributed by atoms with Crippen molar-refractivity contribution < 1.29 is 27.8 Å². The molecule has 0 atom stereocenters. The van der Waals surface area contributed by atoms with Gasteiger partial charge in [-0.2, -0.15) is 4.39 Å². The molecule has 3 aromatic rings. The molecular formula is C16H11ClF3NO3S. The van der Waals surface area contributed by atoms with Crippen LogP contribution in [0.2, 0.25) is 5.02 Å². The highest BCUT2D eigenvalue weighted by Crippen LogP contribution is 2.43. The second kappa shape index (κ2) is 6.91. The zero-order chi connectivity index (χ0) is 17.6. The molecule has 0 saturated carbocycles. The van der Waals surface area contributed by atoms with E-state index in [9.17, 15) is 23.1 Å². The molecule has 4 N–H and O–H groups in total.